The van der Waals surface area contributed by atoms with Gasteiger partial charge in [0.1, 0.15) is 0 Å². The zero-order valence-corrected chi connectivity index (χ0v) is 26.9. The van der Waals surface area contributed by atoms with Crippen LogP contribution in [0.2, 0.25) is 0 Å². The summed E-state index contributed by atoms with van der Waals surface area (Å²) in [4.78, 5) is 0. The smallest absolute Gasteiger partial charge is 0.0641 e. The van der Waals surface area contributed by atoms with Crippen molar-refractivity contribution in [2.75, 3.05) is 0 Å². The number of nitrogens with zero attached hydrogens (tertiary/aromatic N) is 2. The number of aromatic nitrogens is 2. The van der Waals surface area contributed by atoms with Crippen LogP contribution < -0.4 is 0 Å². The molecule has 1 aliphatic carbocycles. The number of rotatable bonds is 0. The maximum atomic E-state index is 2.56. The van der Waals surface area contributed by atoms with Crippen LogP contribution in [0.1, 0.15) is 0 Å². The molecule has 4 heterocycles. The van der Waals surface area contributed by atoms with E-state index in [1.54, 1.807) is 0 Å². The first-order chi connectivity index (χ1) is 24.9. The van der Waals surface area contributed by atoms with Crippen molar-refractivity contribution < 1.29 is 0 Å². The molecule has 0 aliphatic heterocycles. The second-order valence-electron chi connectivity index (χ2n) is 14.0. The fourth-order valence-corrected chi connectivity index (χ4v) is 9.89. The first-order valence-corrected chi connectivity index (χ1v) is 17.5. The van der Waals surface area contributed by atoms with Gasteiger partial charge >= 0.3 is 0 Å². The molecule has 0 saturated carbocycles. The third-order valence-corrected chi connectivity index (χ3v) is 11.7. The van der Waals surface area contributed by atoms with Gasteiger partial charge in [-0.1, -0.05) is 133 Å². The summed E-state index contributed by atoms with van der Waals surface area (Å²) >= 11 is 0. The molecule has 0 N–H and O–H groups in total. The molecule has 12 aromatic rings. The van der Waals surface area contributed by atoms with Crippen molar-refractivity contribution in [1.82, 2.24) is 8.80 Å². The minimum absolute atomic E-state index is 1.25. The Kier molecular flexibility index (Phi) is 4.41. The van der Waals surface area contributed by atoms with Gasteiger partial charge in [0.15, 0.2) is 0 Å². The largest absolute Gasteiger partial charge is 0.308 e. The van der Waals surface area contributed by atoms with Crippen LogP contribution in [0, 0.1) is 0 Å². The van der Waals surface area contributed by atoms with Gasteiger partial charge in [0, 0.05) is 48.7 Å². The van der Waals surface area contributed by atoms with Gasteiger partial charge in [-0.05, 0) is 63.2 Å². The highest BCUT2D eigenvalue weighted by Crippen LogP contribution is 2.55. The molecule has 228 valence electrons. The Labute approximate surface area is 286 Å². The molecule has 4 aromatic heterocycles. The van der Waals surface area contributed by atoms with Gasteiger partial charge in [-0.15, -0.1) is 0 Å². The molecule has 0 amide bonds. The van der Waals surface area contributed by atoms with Gasteiger partial charge in [-0.3, -0.25) is 0 Å². The molecule has 0 bridgehead atoms. The number of fused-ring (bicyclic) bond motifs is 22. The van der Waals surface area contributed by atoms with E-state index in [1.807, 2.05) is 0 Å². The second kappa shape index (κ2) is 8.68. The molecule has 0 atom stereocenters. The van der Waals surface area contributed by atoms with E-state index in [1.165, 1.54) is 121 Å². The number of benzene rings is 8. The molecule has 50 heavy (non-hydrogen) atoms. The minimum atomic E-state index is 1.25. The van der Waals surface area contributed by atoms with Crippen LogP contribution in [-0.4, -0.2) is 8.80 Å². The number of hydrogen-bond acceptors (Lipinski definition) is 0. The summed E-state index contributed by atoms with van der Waals surface area (Å²) in [6, 6.07) is 59.1. The Hall–Kier alpha value is -6.64. The van der Waals surface area contributed by atoms with Crippen molar-refractivity contribution in [1.29, 1.82) is 0 Å². The van der Waals surface area contributed by atoms with Crippen LogP contribution in [-0.2, 0) is 0 Å². The summed E-state index contributed by atoms with van der Waals surface area (Å²) in [6.07, 6.45) is 0. The Morgan fingerprint density at radius 2 is 0.740 bits per heavy atom. The molecule has 0 saturated heterocycles. The van der Waals surface area contributed by atoms with Crippen molar-refractivity contribution in [3.05, 3.63) is 158 Å². The lowest BCUT2D eigenvalue weighted by molar-refractivity contribution is 1.36. The molecule has 2 heteroatoms. The normalized spacial score (nSPS) is 12.8. The van der Waals surface area contributed by atoms with Crippen molar-refractivity contribution >= 4 is 76.2 Å². The zero-order chi connectivity index (χ0) is 32.2. The maximum absolute atomic E-state index is 2.56. The SMILES string of the molecule is c1ccc2c(c1)-c1ccccc1-c1cc3c4c(ccc5c6cccc7c8ccccc8n(c76)c54)n4c5ccccc5c(c1-c1ccccc1-2)c34. The molecule has 0 fully saturated rings. The van der Waals surface area contributed by atoms with E-state index >= 15 is 0 Å². The Morgan fingerprint density at radius 1 is 0.260 bits per heavy atom. The highest BCUT2D eigenvalue weighted by atomic mass is 14.9. The number of hydrogen-bond donors (Lipinski definition) is 0. The van der Waals surface area contributed by atoms with Gasteiger partial charge in [0.25, 0.3) is 0 Å². The van der Waals surface area contributed by atoms with E-state index in [0.29, 0.717) is 0 Å². The van der Waals surface area contributed by atoms with E-state index in [2.05, 4.69) is 167 Å². The summed E-state index contributed by atoms with van der Waals surface area (Å²) in [5, 5.41) is 10.5. The van der Waals surface area contributed by atoms with Crippen LogP contribution in [0.25, 0.3) is 121 Å². The summed E-state index contributed by atoms with van der Waals surface area (Å²) in [5.41, 5.74) is 18.0. The van der Waals surface area contributed by atoms with Gasteiger partial charge in [-0.2, -0.15) is 0 Å². The van der Waals surface area contributed by atoms with Crippen LogP contribution in [0.5, 0.6) is 0 Å². The fraction of sp³-hybridized carbons (Fsp3) is 0. The predicted molar refractivity (Wildman–Crippen MR) is 211 cm³/mol. The molecular formula is C48H26N2. The van der Waals surface area contributed by atoms with Gasteiger partial charge < -0.3 is 8.80 Å². The summed E-state index contributed by atoms with van der Waals surface area (Å²) < 4.78 is 5.12. The molecule has 0 radical (unpaired) electrons. The topological polar surface area (TPSA) is 8.82 Å². The van der Waals surface area contributed by atoms with E-state index < -0.39 is 0 Å². The third kappa shape index (κ3) is 2.79. The summed E-state index contributed by atoms with van der Waals surface area (Å²) in [6.45, 7) is 0. The first kappa shape index (κ1) is 25.4. The summed E-state index contributed by atoms with van der Waals surface area (Å²) in [5.74, 6) is 0. The Bertz CT molecular complexity index is 3430. The van der Waals surface area contributed by atoms with E-state index in [-0.39, 0.29) is 0 Å². The first-order valence-electron chi connectivity index (χ1n) is 17.5. The van der Waals surface area contributed by atoms with E-state index in [9.17, 15) is 0 Å². The van der Waals surface area contributed by atoms with Crippen molar-refractivity contribution in [2.45, 2.75) is 0 Å². The fourth-order valence-electron chi connectivity index (χ4n) is 9.89. The molecule has 1 aliphatic rings. The molecule has 0 spiro atoms. The average Bonchev–Trinajstić information content (AvgIpc) is 3.90. The molecule has 2 nitrogen and oxygen atoms in total. The zero-order valence-electron chi connectivity index (χ0n) is 26.9. The van der Waals surface area contributed by atoms with Crippen LogP contribution in [0.4, 0.5) is 0 Å². The summed E-state index contributed by atoms with van der Waals surface area (Å²) in [7, 11) is 0. The monoisotopic (exact) mass is 630 g/mol. The lowest BCUT2D eigenvalue weighted by atomic mass is 9.79. The Morgan fingerprint density at radius 3 is 1.44 bits per heavy atom. The highest BCUT2D eigenvalue weighted by Gasteiger charge is 2.30. The molecular weight excluding hydrogens is 605 g/mol. The second-order valence-corrected chi connectivity index (χ2v) is 14.0. The van der Waals surface area contributed by atoms with Gasteiger partial charge in [-0.25, -0.2) is 0 Å². The highest BCUT2D eigenvalue weighted by molar-refractivity contribution is 6.36. The molecule has 13 rings (SSSR count). The van der Waals surface area contributed by atoms with Crippen molar-refractivity contribution in [3.8, 4) is 44.5 Å². The maximum Gasteiger partial charge on any atom is 0.0641 e. The minimum Gasteiger partial charge on any atom is -0.308 e. The van der Waals surface area contributed by atoms with E-state index in [4.69, 9.17) is 0 Å². The lowest BCUT2D eigenvalue weighted by Gasteiger charge is -2.24. The van der Waals surface area contributed by atoms with Crippen LogP contribution in [0.3, 0.4) is 0 Å². The number of para-hydroxylation sites is 3. The third-order valence-electron chi connectivity index (χ3n) is 11.7. The van der Waals surface area contributed by atoms with Crippen molar-refractivity contribution in [3.63, 3.8) is 0 Å². The van der Waals surface area contributed by atoms with Crippen molar-refractivity contribution in [2.24, 2.45) is 0 Å². The quantitative estimate of drug-likeness (QED) is 0.158. The lowest BCUT2D eigenvalue weighted by Crippen LogP contribution is -1.97. The van der Waals surface area contributed by atoms with Gasteiger partial charge in [0.2, 0.25) is 0 Å². The molecule has 8 aromatic carbocycles. The Balaban J connectivity index is 1.35. The van der Waals surface area contributed by atoms with Gasteiger partial charge in [0.05, 0.1) is 33.1 Å². The molecule has 0 unspecified atom stereocenters. The predicted octanol–water partition coefficient (Wildman–Crippen LogP) is 13.0. The standard InChI is InChI=1S/C48H26N2/c1-2-13-28-27(12-1)29-14-3-4-16-31(29)38-26-39-44-42(25-24-36-35-21-11-20-34-32-17-7-9-22-40(32)50(46(34)35)47(36)44)49-41-23-10-8-19-37(41)45(48(39)49)43(38)33-18-6-5-15-30(28)33/h1-26H. The van der Waals surface area contributed by atoms with Crippen LogP contribution in [0.15, 0.2) is 158 Å². The van der Waals surface area contributed by atoms with E-state index in [0.717, 1.165) is 0 Å². The van der Waals surface area contributed by atoms with Crippen LogP contribution >= 0.6 is 0 Å². The average molecular weight is 631 g/mol.